The smallest absolute Gasteiger partial charge is 0.0431 e. The summed E-state index contributed by atoms with van der Waals surface area (Å²) in [6, 6.07) is 0. The monoisotopic (exact) mass is 186 g/mol. The Hall–Kier alpha value is -0.120. The van der Waals surface area contributed by atoms with Gasteiger partial charge in [0.25, 0.3) is 0 Å². The van der Waals surface area contributed by atoms with Crippen molar-refractivity contribution in [3.05, 3.63) is 0 Å². The summed E-state index contributed by atoms with van der Waals surface area (Å²) >= 11 is 0. The van der Waals surface area contributed by atoms with Gasteiger partial charge in [-0.1, -0.05) is 6.92 Å². The van der Waals surface area contributed by atoms with E-state index in [1.54, 1.807) is 0 Å². The molecular weight excluding hydrogens is 164 g/mol. The molecule has 2 N–H and O–H groups in total. The molecule has 0 bridgehead atoms. The van der Waals surface area contributed by atoms with Crippen LogP contribution in [0.3, 0.4) is 0 Å². The number of aliphatic hydroxyl groups is 1. The first-order valence-electron chi connectivity index (χ1n) is 5.27. The van der Waals surface area contributed by atoms with Crippen LogP contribution in [0.15, 0.2) is 0 Å². The maximum Gasteiger partial charge on any atom is 0.0431 e. The van der Waals surface area contributed by atoms with Crippen LogP contribution in [0.2, 0.25) is 0 Å². The molecule has 13 heavy (non-hydrogen) atoms. The Balaban J connectivity index is 2.46. The lowest BCUT2D eigenvalue weighted by Crippen LogP contribution is -2.59. The lowest BCUT2D eigenvalue weighted by Gasteiger charge is -2.42. The van der Waals surface area contributed by atoms with Gasteiger partial charge in [-0.15, -0.1) is 0 Å². The average molecular weight is 186 g/mol. The number of nitrogens with one attached hydrogen (secondary N) is 1. The van der Waals surface area contributed by atoms with Crippen molar-refractivity contribution in [1.29, 1.82) is 0 Å². The Morgan fingerprint density at radius 1 is 1.54 bits per heavy atom. The van der Waals surface area contributed by atoms with E-state index in [4.69, 9.17) is 5.11 Å². The largest absolute Gasteiger partial charge is 0.396 e. The highest BCUT2D eigenvalue weighted by atomic mass is 16.2. The van der Waals surface area contributed by atoms with Crippen LogP contribution in [-0.4, -0.2) is 48.8 Å². The summed E-state index contributed by atoms with van der Waals surface area (Å²) in [6.45, 7) is 5.87. The fourth-order valence-electron chi connectivity index (χ4n) is 2.16. The molecule has 1 heterocycles. The quantitative estimate of drug-likeness (QED) is 0.669. The summed E-state index contributed by atoms with van der Waals surface area (Å²) in [5.41, 5.74) is 0.260. The molecule has 1 saturated heterocycles. The van der Waals surface area contributed by atoms with Gasteiger partial charge in [-0.25, -0.2) is 0 Å². The number of nitrogens with zero attached hydrogens (tertiary/aromatic N) is 1. The van der Waals surface area contributed by atoms with Crippen LogP contribution in [0.5, 0.6) is 0 Å². The van der Waals surface area contributed by atoms with E-state index in [-0.39, 0.29) is 5.54 Å². The Bertz CT molecular complexity index is 152. The van der Waals surface area contributed by atoms with Crippen molar-refractivity contribution in [1.82, 2.24) is 10.2 Å². The van der Waals surface area contributed by atoms with Crippen LogP contribution in [0.25, 0.3) is 0 Å². The Morgan fingerprint density at radius 3 is 2.85 bits per heavy atom. The van der Waals surface area contributed by atoms with Gasteiger partial charge in [0.05, 0.1) is 0 Å². The minimum Gasteiger partial charge on any atom is -0.396 e. The molecular formula is C10H22N2O. The fraction of sp³-hybridized carbons (Fsp3) is 1.00. The summed E-state index contributed by atoms with van der Waals surface area (Å²) in [4.78, 5) is 2.37. The topological polar surface area (TPSA) is 35.5 Å². The summed E-state index contributed by atoms with van der Waals surface area (Å²) < 4.78 is 0. The maximum absolute atomic E-state index is 8.83. The fourth-order valence-corrected chi connectivity index (χ4v) is 2.16. The highest BCUT2D eigenvalue weighted by molar-refractivity contribution is 4.92. The number of aliphatic hydroxyl groups excluding tert-OH is 1. The van der Waals surface area contributed by atoms with E-state index in [9.17, 15) is 0 Å². The van der Waals surface area contributed by atoms with Crippen LogP contribution in [0.4, 0.5) is 0 Å². The molecule has 3 heteroatoms. The normalized spacial score (nSPS) is 30.7. The number of likely N-dealkylation sites (N-methyl/N-ethyl adjacent to an activating group) is 1. The van der Waals surface area contributed by atoms with Gasteiger partial charge in [-0.3, -0.25) is 0 Å². The Kier molecular flexibility index (Phi) is 4.16. The lowest BCUT2D eigenvalue weighted by atomic mass is 9.88. The number of hydrogen-bond donors (Lipinski definition) is 2. The van der Waals surface area contributed by atoms with Crippen molar-refractivity contribution < 1.29 is 5.11 Å². The molecule has 1 atom stereocenters. The van der Waals surface area contributed by atoms with Crippen LogP contribution in [-0.2, 0) is 0 Å². The van der Waals surface area contributed by atoms with E-state index in [0.717, 1.165) is 38.9 Å². The predicted octanol–water partition coefficient (Wildman–Crippen LogP) is 0.443. The number of hydrogen-bond acceptors (Lipinski definition) is 3. The van der Waals surface area contributed by atoms with E-state index in [1.807, 2.05) is 0 Å². The molecule has 1 aliphatic rings. The van der Waals surface area contributed by atoms with Gasteiger partial charge in [-0.05, 0) is 26.3 Å². The first-order chi connectivity index (χ1) is 6.22. The van der Waals surface area contributed by atoms with E-state index < -0.39 is 0 Å². The highest BCUT2D eigenvalue weighted by Crippen LogP contribution is 2.20. The Morgan fingerprint density at radius 2 is 2.31 bits per heavy atom. The van der Waals surface area contributed by atoms with Gasteiger partial charge in [0, 0.05) is 31.8 Å². The van der Waals surface area contributed by atoms with Crippen molar-refractivity contribution in [2.45, 2.75) is 31.7 Å². The van der Waals surface area contributed by atoms with Crippen LogP contribution >= 0.6 is 0 Å². The third-order valence-corrected chi connectivity index (χ3v) is 3.06. The van der Waals surface area contributed by atoms with Crippen LogP contribution < -0.4 is 5.32 Å². The van der Waals surface area contributed by atoms with E-state index in [1.165, 1.54) is 0 Å². The summed E-state index contributed by atoms with van der Waals surface area (Å²) in [6.07, 6.45) is 3.15. The summed E-state index contributed by atoms with van der Waals surface area (Å²) in [5, 5.41) is 12.4. The first kappa shape index (κ1) is 11.0. The third-order valence-electron chi connectivity index (χ3n) is 3.06. The second-order valence-electron chi connectivity index (χ2n) is 4.13. The van der Waals surface area contributed by atoms with Gasteiger partial charge in [0.15, 0.2) is 0 Å². The number of piperazine rings is 1. The third kappa shape index (κ3) is 2.93. The molecule has 0 spiro atoms. The lowest BCUT2D eigenvalue weighted by molar-refractivity contribution is 0.132. The van der Waals surface area contributed by atoms with Gasteiger partial charge in [-0.2, -0.15) is 0 Å². The molecule has 1 rings (SSSR count). The minimum absolute atomic E-state index is 0.260. The molecule has 0 saturated carbocycles. The van der Waals surface area contributed by atoms with Gasteiger partial charge in [0.1, 0.15) is 0 Å². The summed E-state index contributed by atoms with van der Waals surface area (Å²) in [5.74, 6) is 0. The molecule has 3 nitrogen and oxygen atoms in total. The Labute approximate surface area is 81.1 Å². The van der Waals surface area contributed by atoms with Crippen molar-refractivity contribution in [3.8, 4) is 0 Å². The van der Waals surface area contributed by atoms with Crippen molar-refractivity contribution >= 4 is 0 Å². The second kappa shape index (κ2) is 4.94. The molecule has 0 radical (unpaired) electrons. The van der Waals surface area contributed by atoms with E-state index >= 15 is 0 Å². The van der Waals surface area contributed by atoms with Crippen molar-refractivity contribution in [2.75, 3.05) is 33.3 Å². The standard InChI is InChI=1S/C10H22N2O/c1-3-10(5-4-8-13)9-12(2)7-6-11-10/h11,13H,3-9H2,1-2H3/t10-/m0/s1. The molecule has 0 aromatic rings. The minimum atomic E-state index is 0.260. The zero-order valence-electron chi connectivity index (χ0n) is 8.84. The van der Waals surface area contributed by atoms with Crippen molar-refractivity contribution in [2.24, 2.45) is 0 Å². The molecule has 0 aromatic carbocycles. The average Bonchev–Trinajstić information content (AvgIpc) is 2.15. The van der Waals surface area contributed by atoms with E-state index in [0.29, 0.717) is 6.61 Å². The molecule has 0 amide bonds. The summed E-state index contributed by atoms with van der Waals surface area (Å²) in [7, 11) is 2.17. The second-order valence-corrected chi connectivity index (χ2v) is 4.13. The molecule has 0 aliphatic carbocycles. The van der Waals surface area contributed by atoms with Crippen LogP contribution in [0.1, 0.15) is 26.2 Å². The highest BCUT2D eigenvalue weighted by Gasteiger charge is 2.31. The molecule has 0 aromatic heterocycles. The number of rotatable bonds is 4. The zero-order chi connectivity index (χ0) is 9.73. The SMILES string of the molecule is CC[C@]1(CCCO)CN(C)CCN1. The maximum atomic E-state index is 8.83. The van der Waals surface area contributed by atoms with Gasteiger partial charge >= 0.3 is 0 Å². The molecule has 78 valence electrons. The van der Waals surface area contributed by atoms with Crippen molar-refractivity contribution in [3.63, 3.8) is 0 Å². The predicted molar refractivity (Wildman–Crippen MR) is 54.8 cm³/mol. The molecule has 0 unspecified atom stereocenters. The zero-order valence-corrected chi connectivity index (χ0v) is 8.84. The molecule has 1 fully saturated rings. The first-order valence-corrected chi connectivity index (χ1v) is 5.27. The van der Waals surface area contributed by atoms with Gasteiger partial charge in [0.2, 0.25) is 0 Å². The van der Waals surface area contributed by atoms with E-state index in [2.05, 4.69) is 24.2 Å². The molecule has 1 aliphatic heterocycles. The van der Waals surface area contributed by atoms with Gasteiger partial charge < -0.3 is 15.3 Å². The van der Waals surface area contributed by atoms with Crippen LogP contribution in [0, 0.1) is 0 Å².